The first kappa shape index (κ1) is 21.3. The number of likely N-dealkylation sites (N-methyl/N-ethyl adjacent to an activating group) is 1. The van der Waals surface area contributed by atoms with Gasteiger partial charge in [0.05, 0.1) is 17.1 Å². The molecule has 0 unspecified atom stereocenters. The average molecular weight is 438 g/mol. The number of aromatic nitrogens is 3. The maximum Gasteiger partial charge on any atom is 0.417 e. The molecule has 0 aliphatic heterocycles. The number of anilines is 1. The van der Waals surface area contributed by atoms with Crippen molar-refractivity contribution in [3.63, 3.8) is 0 Å². The van der Waals surface area contributed by atoms with Crippen LogP contribution in [0.1, 0.15) is 15.9 Å². The molecule has 3 rings (SSSR count). The summed E-state index contributed by atoms with van der Waals surface area (Å²) in [4.78, 5) is 25.8. The number of amides is 2. The molecule has 0 saturated carbocycles. The normalized spacial score (nSPS) is 11.2. The fourth-order valence-corrected chi connectivity index (χ4v) is 2.86. The second kappa shape index (κ2) is 8.54. The molecule has 0 radical (unpaired) electrons. The first-order valence-electron chi connectivity index (χ1n) is 8.52. The molecule has 7 nitrogen and oxygen atoms in total. The van der Waals surface area contributed by atoms with E-state index in [1.165, 1.54) is 25.8 Å². The minimum atomic E-state index is -4.65. The lowest BCUT2D eigenvalue weighted by molar-refractivity contribution is -0.137. The molecule has 0 bridgehead atoms. The number of hydrogen-bond acceptors (Lipinski definition) is 4. The summed E-state index contributed by atoms with van der Waals surface area (Å²) in [6.45, 7) is -0.351. The van der Waals surface area contributed by atoms with Gasteiger partial charge in [0.2, 0.25) is 5.91 Å². The van der Waals surface area contributed by atoms with E-state index in [-0.39, 0.29) is 12.2 Å². The molecule has 0 atom stereocenters. The first-order valence-corrected chi connectivity index (χ1v) is 8.90. The Labute approximate surface area is 174 Å². The Hall–Kier alpha value is -3.40. The van der Waals surface area contributed by atoms with E-state index in [9.17, 15) is 22.8 Å². The van der Waals surface area contributed by atoms with Crippen LogP contribution in [0.5, 0.6) is 0 Å². The number of benzene rings is 2. The van der Waals surface area contributed by atoms with E-state index < -0.39 is 28.6 Å². The largest absolute Gasteiger partial charge is 0.417 e. The molecule has 3 aromatic rings. The van der Waals surface area contributed by atoms with E-state index >= 15 is 0 Å². The van der Waals surface area contributed by atoms with Crippen molar-refractivity contribution in [3.05, 3.63) is 71.3 Å². The lowest BCUT2D eigenvalue weighted by Gasteiger charge is -2.18. The number of carbonyl (C=O) groups is 2. The molecule has 0 fully saturated rings. The second-order valence-electron chi connectivity index (χ2n) is 6.32. The zero-order chi connectivity index (χ0) is 21.9. The van der Waals surface area contributed by atoms with Gasteiger partial charge in [0, 0.05) is 24.0 Å². The molecular weight excluding hydrogens is 423 g/mol. The number of halogens is 4. The average Bonchev–Trinajstić information content (AvgIpc) is 3.23. The second-order valence-corrected chi connectivity index (χ2v) is 6.73. The van der Waals surface area contributed by atoms with Crippen molar-refractivity contribution in [1.29, 1.82) is 0 Å². The van der Waals surface area contributed by atoms with Gasteiger partial charge < -0.3 is 10.2 Å². The van der Waals surface area contributed by atoms with Gasteiger partial charge in [0.25, 0.3) is 5.91 Å². The molecule has 2 aromatic carbocycles. The van der Waals surface area contributed by atoms with Crippen molar-refractivity contribution >= 4 is 29.1 Å². The van der Waals surface area contributed by atoms with E-state index in [0.717, 1.165) is 22.7 Å². The van der Waals surface area contributed by atoms with Gasteiger partial charge in [-0.2, -0.15) is 13.2 Å². The van der Waals surface area contributed by atoms with Gasteiger partial charge in [-0.3, -0.25) is 14.2 Å². The maximum absolute atomic E-state index is 12.9. The molecular formula is C19H15ClF3N5O2. The lowest BCUT2D eigenvalue weighted by Crippen LogP contribution is -2.35. The van der Waals surface area contributed by atoms with Crippen LogP contribution in [0.3, 0.4) is 0 Å². The molecule has 1 heterocycles. The highest BCUT2D eigenvalue weighted by molar-refractivity contribution is 6.31. The van der Waals surface area contributed by atoms with Gasteiger partial charge >= 0.3 is 6.18 Å². The molecule has 2 amide bonds. The van der Waals surface area contributed by atoms with E-state index in [1.807, 2.05) is 0 Å². The highest BCUT2D eigenvalue weighted by Crippen LogP contribution is 2.36. The van der Waals surface area contributed by atoms with Crippen LogP contribution < -0.4 is 5.32 Å². The lowest BCUT2D eigenvalue weighted by atomic mass is 10.1. The number of nitrogens with zero attached hydrogens (tertiary/aromatic N) is 4. The zero-order valence-electron chi connectivity index (χ0n) is 15.5. The summed E-state index contributed by atoms with van der Waals surface area (Å²) in [5, 5.41) is 9.27. The van der Waals surface area contributed by atoms with Crippen LogP contribution in [-0.2, 0) is 11.0 Å². The molecule has 156 valence electrons. The smallest absolute Gasteiger partial charge is 0.332 e. The fraction of sp³-hybridized carbons (Fsp3) is 0.158. The first-order chi connectivity index (χ1) is 14.1. The number of hydrogen-bond donors (Lipinski definition) is 1. The van der Waals surface area contributed by atoms with Gasteiger partial charge in [0.15, 0.2) is 0 Å². The van der Waals surface area contributed by atoms with Crippen molar-refractivity contribution in [1.82, 2.24) is 19.7 Å². The van der Waals surface area contributed by atoms with Gasteiger partial charge in [-0.1, -0.05) is 11.6 Å². The SMILES string of the molecule is CN(CC(=O)Nc1ccc(Cl)c(C(F)(F)F)c1)C(=O)c1ccc(-n2cnnc2)cc1. The Balaban J connectivity index is 1.63. The molecule has 0 aliphatic rings. The molecule has 1 aromatic heterocycles. The van der Waals surface area contributed by atoms with Crippen molar-refractivity contribution in [2.24, 2.45) is 0 Å². The van der Waals surface area contributed by atoms with Crippen LogP contribution in [0.25, 0.3) is 5.69 Å². The Morgan fingerprint density at radius 2 is 1.73 bits per heavy atom. The monoisotopic (exact) mass is 437 g/mol. The van der Waals surface area contributed by atoms with Crippen molar-refractivity contribution in [3.8, 4) is 5.69 Å². The number of carbonyl (C=O) groups excluding carboxylic acids is 2. The molecule has 0 spiro atoms. The number of nitrogens with one attached hydrogen (secondary N) is 1. The van der Waals surface area contributed by atoms with E-state index in [2.05, 4.69) is 15.5 Å². The third kappa shape index (κ3) is 4.95. The maximum atomic E-state index is 12.9. The Morgan fingerprint density at radius 1 is 1.10 bits per heavy atom. The minimum absolute atomic E-state index is 0.0733. The summed E-state index contributed by atoms with van der Waals surface area (Å²) in [5.74, 6) is -1.07. The summed E-state index contributed by atoms with van der Waals surface area (Å²) >= 11 is 5.56. The molecule has 0 saturated heterocycles. The Kier molecular flexibility index (Phi) is 6.06. The third-order valence-electron chi connectivity index (χ3n) is 4.11. The third-order valence-corrected chi connectivity index (χ3v) is 4.44. The summed E-state index contributed by atoms with van der Waals surface area (Å²) in [6, 6.07) is 9.59. The van der Waals surface area contributed by atoms with E-state index in [1.54, 1.807) is 28.8 Å². The van der Waals surface area contributed by atoms with E-state index in [4.69, 9.17) is 11.6 Å². The highest BCUT2D eigenvalue weighted by atomic mass is 35.5. The fourth-order valence-electron chi connectivity index (χ4n) is 2.64. The van der Waals surface area contributed by atoms with Crippen LogP contribution in [0.15, 0.2) is 55.1 Å². The topological polar surface area (TPSA) is 80.1 Å². The highest BCUT2D eigenvalue weighted by Gasteiger charge is 2.33. The van der Waals surface area contributed by atoms with Gasteiger partial charge in [0.1, 0.15) is 12.7 Å². The molecule has 1 N–H and O–H groups in total. The predicted octanol–water partition coefficient (Wildman–Crippen LogP) is 3.65. The number of alkyl halides is 3. The van der Waals surface area contributed by atoms with Crippen molar-refractivity contribution in [2.75, 3.05) is 18.9 Å². The quantitative estimate of drug-likeness (QED) is 0.660. The summed E-state index contributed by atoms with van der Waals surface area (Å²) < 4.78 is 40.4. The van der Waals surface area contributed by atoms with Crippen LogP contribution in [0, 0.1) is 0 Å². The van der Waals surface area contributed by atoms with Gasteiger partial charge in [-0.15, -0.1) is 10.2 Å². The van der Waals surface area contributed by atoms with Crippen molar-refractivity contribution in [2.45, 2.75) is 6.18 Å². The zero-order valence-corrected chi connectivity index (χ0v) is 16.3. The van der Waals surface area contributed by atoms with E-state index in [0.29, 0.717) is 5.56 Å². The summed E-state index contributed by atoms with van der Waals surface area (Å²) in [5.41, 5.74) is -0.0384. The minimum Gasteiger partial charge on any atom is -0.332 e. The summed E-state index contributed by atoms with van der Waals surface area (Å²) in [6.07, 6.45) is -1.63. The van der Waals surface area contributed by atoms with Crippen LogP contribution in [0.2, 0.25) is 5.02 Å². The molecule has 0 aliphatic carbocycles. The van der Waals surface area contributed by atoms with Gasteiger partial charge in [-0.05, 0) is 42.5 Å². The van der Waals surface area contributed by atoms with Crippen LogP contribution in [-0.4, -0.2) is 45.1 Å². The summed E-state index contributed by atoms with van der Waals surface area (Å²) in [7, 11) is 1.42. The van der Waals surface area contributed by atoms with Crippen LogP contribution in [0.4, 0.5) is 18.9 Å². The van der Waals surface area contributed by atoms with Crippen LogP contribution >= 0.6 is 11.6 Å². The molecule has 11 heteroatoms. The van der Waals surface area contributed by atoms with Crippen molar-refractivity contribution < 1.29 is 22.8 Å². The Morgan fingerprint density at radius 3 is 2.33 bits per heavy atom. The Bertz CT molecular complexity index is 1050. The standard InChI is InChI=1S/C19H15ClF3N5O2/c1-27(18(30)12-2-5-14(6-3-12)28-10-24-25-11-28)9-17(29)26-13-4-7-16(20)15(8-13)19(21,22)23/h2-8,10-11H,9H2,1H3,(H,26,29). The predicted molar refractivity (Wildman–Crippen MR) is 103 cm³/mol. The molecule has 30 heavy (non-hydrogen) atoms. The number of rotatable bonds is 5. The van der Waals surface area contributed by atoms with Gasteiger partial charge in [-0.25, -0.2) is 0 Å².